The van der Waals surface area contributed by atoms with Crippen molar-refractivity contribution in [1.29, 1.82) is 0 Å². The molecule has 1 unspecified atom stereocenters. The molecule has 0 bridgehead atoms. The number of carboxylic acids is 1. The summed E-state index contributed by atoms with van der Waals surface area (Å²) in [6.45, 7) is 2.65. The second-order valence-electron chi connectivity index (χ2n) is 5.71. The molecule has 2 N–H and O–H groups in total. The number of nitro benzene ring substituents is 1. The molecule has 6 nitrogen and oxygen atoms in total. The fourth-order valence-corrected chi connectivity index (χ4v) is 2.43. The van der Waals surface area contributed by atoms with Crippen LogP contribution in [0, 0.1) is 10.1 Å². The van der Waals surface area contributed by atoms with Gasteiger partial charge in [0.2, 0.25) is 0 Å². The van der Waals surface area contributed by atoms with E-state index >= 15 is 0 Å². The van der Waals surface area contributed by atoms with E-state index in [1.54, 1.807) is 36.4 Å². The van der Waals surface area contributed by atoms with E-state index in [9.17, 15) is 14.9 Å². The molecule has 0 radical (unpaired) electrons. The average molecular weight is 328 g/mol. The molecule has 126 valence electrons. The van der Waals surface area contributed by atoms with E-state index in [-0.39, 0.29) is 22.2 Å². The van der Waals surface area contributed by atoms with Gasteiger partial charge in [-0.2, -0.15) is 0 Å². The Labute approximate surface area is 140 Å². The molecular weight excluding hydrogens is 308 g/mol. The lowest BCUT2D eigenvalue weighted by atomic mass is 10.0. The van der Waals surface area contributed by atoms with Crippen LogP contribution in [-0.4, -0.2) is 22.0 Å². The third-order valence-corrected chi connectivity index (χ3v) is 3.89. The lowest BCUT2D eigenvalue weighted by molar-refractivity contribution is -0.385. The summed E-state index contributed by atoms with van der Waals surface area (Å²) < 4.78 is 0. The fourth-order valence-electron chi connectivity index (χ4n) is 2.43. The molecule has 0 aliphatic rings. The van der Waals surface area contributed by atoms with Crippen molar-refractivity contribution in [2.45, 2.75) is 32.4 Å². The highest BCUT2D eigenvalue weighted by atomic mass is 16.6. The summed E-state index contributed by atoms with van der Waals surface area (Å²) >= 11 is 0. The van der Waals surface area contributed by atoms with Crippen LogP contribution in [0.4, 0.5) is 5.69 Å². The van der Waals surface area contributed by atoms with Crippen molar-refractivity contribution >= 4 is 11.7 Å². The maximum Gasteiger partial charge on any atom is 0.335 e. The largest absolute Gasteiger partial charge is 0.478 e. The van der Waals surface area contributed by atoms with Gasteiger partial charge < -0.3 is 10.4 Å². The van der Waals surface area contributed by atoms with Gasteiger partial charge in [0.25, 0.3) is 5.69 Å². The number of aromatic carboxylic acids is 1. The van der Waals surface area contributed by atoms with Gasteiger partial charge in [-0.15, -0.1) is 0 Å². The molecule has 0 saturated heterocycles. The molecule has 2 rings (SSSR count). The predicted molar refractivity (Wildman–Crippen MR) is 91.1 cm³/mol. The Hall–Kier alpha value is -2.73. The third kappa shape index (κ3) is 4.89. The van der Waals surface area contributed by atoms with Gasteiger partial charge in [-0.25, -0.2) is 4.79 Å². The molecule has 24 heavy (non-hydrogen) atoms. The Morgan fingerprint density at radius 2 is 1.88 bits per heavy atom. The topological polar surface area (TPSA) is 92.5 Å². The Bertz CT molecular complexity index is 713. The SMILES string of the molecule is CC(CCc1ccccc1[N+](=O)[O-])NCc1ccc(C(=O)O)cc1. The van der Waals surface area contributed by atoms with Crippen molar-refractivity contribution in [3.8, 4) is 0 Å². The number of aryl methyl sites for hydroxylation is 1. The van der Waals surface area contributed by atoms with Crippen molar-refractivity contribution in [3.63, 3.8) is 0 Å². The first-order valence-electron chi connectivity index (χ1n) is 7.75. The quantitative estimate of drug-likeness (QED) is 0.572. The zero-order chi connectivity index (χ0) is 17.5. The van der Waals surface area contributed by atoms with Crippen molar-refractivity contribution in [2.24, 2.45) is 0 Å². The van der Waals surface area contributed by atoms with Crippen molar-refractivity contribution in [2.75, 3.05) is 0 Å². The van der Waals surface area contributed by atoms with E-state index in [0.717, 1.165) is 17.5 Å². The van der Waals surface area contributed by atoms with Gasteiger partial charge in [-0.05, 0) is 37.5 Å². The van der Waals surface area contributed by atoms with Crippen molar-refractivity contribution < 1.29 is 14.8 Å². The van der Waals surface area contributed by atoms with E-state index in [1.807, 2.05) is 13.0 Å². The number of para-hydroxylation sites is 1. The molecule has 1 atom stereocenters. The Morgan fingerprint density at radius 1 is 1.21 bits per heavy atom. The molecule has 2 aromatic carbocycles. The smallest absolute Gasteiger partial charge is 0.335 e. The number of hydrogen-bond acceptors (Lipinski definition) is 4. The normalized spacial score (nSPS) is 11.9. The van der Waals surface area contributed by atoms with E-state index in [1.165, 1.54) is 6.07 Å². The van der Waals surface area contributed by atoms with Crippen LogP contribution in [0.3, 0.4) is 0 Å². The van der Waals surface area contributed by atoms with E-state index in [2.05, 4.69) is 5.32 Å². The number of hydrogen-bond donors (Lipinski definition) is 2. The second kappa shape index (κ2) is 8.21. The summed E-state index contributed by atoms with van der Waals surface area (Å²) in [6, 6.07) is 13.7. The number of nitrogens with zero attached hydrogens (tertiary/aromatic N) is 1. The molecule has 0 aliphatic heterocycles. The zero-order valence-electron chi connectivity index (χ0n) is 13.4. The minimum atomic E-state index is -0.938. The lowest BCUT2D eigenvalue weighted by Crippen LogP contribution is -2.26. The summed E-state index contributed by atoms with van der Waals surface area (Å²) in [6.07, 6.45) is 1.40. The minimum absolute atomic E-state index is 0.161. The highest BCUT2D eigenvalue weighted by Crippen LogP contribution is 2.19. The van der Waals surface area contributed by atoms with Gasteiger partial charge in [-0.3, -0.25) is 10.1 Å². The second-order valence-corrected chi connectivity index (χ2v) is 5.71. The molecule has 6 heteroatoms. The number of carboxylic acid groups (broad SMARTS) is 1. The van der Waals surface area contributed by atoms with Crippen LogP contribution in [0.1, 0.15) is 34.8 Å². The van der Waals surface area contributed by atoms with Gasteiger partial charge in [0.05, 0.1) is 10.5 Å². The van der Waals surface area contributed by atoms with Gasteiger partial charge in [0.1, 0.15) is 0 Å². The molecule has 0 saturated carbocycles. The monoisotopic (exact) mass is 328 g/mol. The summed E-state index contributed by atoms with van der Waals surface area (Å²) in [7, 11) is 0. The maximum absolute atomic E-state index is 11.0. The predicted octanol–water partition coefficient (Wildman–Crippen LogP) is 3.40. The highest BCUT2D eigenvalue weighted by Gasteiger charge is 2.13. The van der Waals surface area contributed by atoms with Crippen LogP contribution >= 0.6 is 0 Å². The van der Waals surface area contributed by atoms with E-state index < -0.39 is 5.97 Å². The van der Waals surface area contributed by atoms with Gasteiger partial charge in [0.15, 0.2) is 0 Å². The molecule has 0 spiro atoms. The summed E-state index contributed by atoms with van der Waals surface area (Å²) in [5.41, 5.74) is 2.16. The molecule has 0 aliphatic carbocycles. The number of rotatable bonds is 8. The van der Waals surface area contributed by atoms with Crippen LogP contribution < -0.4 is 5.32 Å². The zero-order valence-corrected chi connectivity index (χ0v) is 13.4. The van der Waals surface area contributed by atoms with Gasteiger partial charge in [-0.1, -0.05) is 30.3 Å². The molecule has 0 aromatic heterocycles. The highest BCUT2D eigenvalue weighted by molar-refractivity contribution is 5.87. The van der Waals surface area contributed by atoms with Crippen molar-refractivity contribution in [3.05, 3.63) is 75.3 Å². The lowest BCUT2D eigenvalue weighted by Gasteiger charge is -2.14. The van der Waals surface area contributed by atoms with Crippen LogP contribution in [-0.2, 0) is 13.0 Å². The first kappa shape index (κ1) is 17.6. The Kier molecular flexibility index (Phi) is 6.03. The van der Waals surface area contributed by atoms with E-state index in [4.69, 9.17) is 5.11 Å². The first-order valence-corrected chi connectivity index (χ1v) is 7.75. The third-order valence-electron chi connectivity index (χ3n) is 3.89. The Balaban J connectivity index is 1.84. The summed E-state index contributed by atoms with van der Waals surface area (Å²) in [5, 5.41) is 23.2. The average Bonchev–Trinajstić information content (AvgIpc) is 2.58. The van der Waals surface area contributed by atoms with Crippen LogP contribution in [0.2, 0.25) is 0 Å². The molecule has 0 amide bonds. The number of benzene rings is 2. The number of nitrogens with one attached hydrogen (secondary N) is 1. The van der Waals surface area contributed by atoms with Crippen LogP contribution in [0.15, 0.2) is 48.5 Å². The van der Waals surface area contributed by atoms with Gasteiger partial charge in [0, 0.05) is 24.2 Å². The standard InChI is InChI=1S/C18H20N2O4/c1-13(6-9-15-4-2-3-5-17(15)20(23)24)19-12-14-7-10-16(11-8-14)18(21)22/h2-5,7-8,10-11,13,19H,6,9,12H2,1H3,(H,21,22). The first-order chi connectivity index (χ1) is 11.5. The van der Waals surface area contributed by atoms with Crippen molar-refractivity contribution in [1.82, 2.24) is 5.32 Å². The Morgan fingerprint density at radius 3 is 2.50 bits per heavy atom. The number of carbonyl (C=O) groups is 1. The molecular formula is C18H20N2O4. The fraction of sp³-hybridized carbons (Fsp3) is 0.278. The maximum atomic E-state index is 11.0. The van der Waals surface area contributed by atoms with E-state index in [0.29, 0.717) is 13.0 Å². The summed E-state index contributed by atoms with van der Waals surface area (Å²) in [5.74, 6) is -0.938. The van der Waals surface area contributed by atoms with Crippen LogP contribution in [0.5, 0.6) is 0 Å². The van der Waals surface area contributed by atoms with Gasteiger partial charge >= 0.3 is 5.97 Å². The molecule has 2 aromatic rings. The summed E-state index contributed by atoms with van der Waals surface area (Å²) in [4.78, 5) is 21.5. The molecule has 0 fully saturated rings. The van der Waals surface area contributed by atoms with Crippen LogP contribution in [0.25, 0.3) is 0 Å². The minimum Gasteiger partial charge on any atom is -0.478 e. The number of nitro groups is 1. The molecule has 0 heterocycles.